The third-order valence-corrected chi connectivity index (χ3v) is 4.93. The van der Waals surface area contributed by atoms with Crippen molar-refractivity contribution in [1.82, 2.24) is 10.3 Å². The van der Waals surface area contributed by atoms with Crippen molar-refractivity contribution in [3.8, 4) is 17.7 Å². The van der Waals surface area contributed by atoms with E-state index in [1.165, 1.54) is 7.11 Å². The zero-order valence-corrected chi connectivity index (χ0v) is 17.1. The average Bonchev–Trinajstić information content (AvgIpc) is 3.06. The van der Waals surface area contributed by atoms with E-state index in [0.29, 0.717) is 41.3 Å². The van der Waals surface area contributed by atoms with Gasteiger partial charge in [-0.3, -0.25) is 15.1 Å². The number of nitriles is 1. The van der Waals surface area contributed by atoms with Gasteiger partial charge in [0.15, 0.2) is 0 Å². The van der Waals surface area contributed by atoms with Crippen molar-refractivity contribution in [2.24, 2.45) is 5.92 Å². The monoisotopic (exact) mass is 398 g/mol. The number of rotatable bonds is 8. The summed E-state index contributed by atoms with van der Waals surface area (Å²) in [4.78, 5) is 21.2. The molecule has 3 rings (SSSR count). The smallest absolute Gasteiger partial charge is 0.221 e. The van der Waals surface area contributed by atoms with Gasteiger partial charge in [-0.25, -0.2) is 4.98 Å². The van der Waals surface area contributed by atoms with E-state index in [4.69, 9.17) is 14.3 Å². The highest BCUT2D eigenvalue weighted by Crippen LogP contribution is 2.35. The predicted molar refractivity (Wildman–Crippen MR) is 109 cm³/mol. The van der Waals surface area contributed by atoms with E-state index >= 15 is 0 Å². The summed E-state index contributed by atoms with van der Waals surface area (Å²) < 4.78 is 11.8. The molecule has 0 radical (unpaired) electrons. The lowest BCUT2D eigenvalue weighted by Crippen LogP contribution is -2.34. The molecular formula is C21H26N4O4. The number of pyridine rings is 1. The molecule has 2 unspecified atom stereocenters. The van der Waals surface area contributed by atoms with Gasteiger partial charge in [0.1, 0.15) is 18.4 Å². The molecule has 154 valence electrons. The van der Waals surface area contributed by atoms with Crippen LogP contribution >= 0.6 is 0 Å². The van der Waals surface area contributed by atoms with Crippen LogP contribution in [0.2, 0.25) is 0 Å². The van der Waals surface area contributed by atoms with E-state index < -0.39 is 0 Å². The summed E-state index contributed by atoms with van der Waals surface area (Å²) in [5, 5.41) is 13.9. The summed E-state index contributed by atoms with van der Waals surface area (Å²) in [6.07, 6.45) is 2.93. The van der Waals surface area contributed by atoms with Crippen LogP contribution in [0.5, 0.6) is 11.6 Å². The molecule has 2 heterocycles. The Morgan fingerprint density at radius 2 is 2.17 bits per heavy atom. The highest BCUT2D eigenvalue weighted by atomic mass is 16.6. The molecule has 1 aliphatic heterocycles. The number of anilines is 1. The molecule has 1 saturated heterocycles. The Bertz CT molecular complexity index is 938. The first kappa shape index (κ1) is 20.7. The van der Waals surface area contributed by atoms with Gasteiger partial charge in [-0.05, 0) is 31.9 Å². The number of benzene rings is 1. The molecule has 2 aromatic rings. The summed E-state index contributed by atoms with van der Waals surface area (Å²) in [5.41, 5.74) is 3.81. The van der Waals surface area contributed by atoms with Gasteiger partial charge in [0.25, 0.3) is 0 Å². The zero-order valence-electron chi connectivity index (χ0n) is 17.1. The van der Waals surface area contributed by atoms with Gasteiger partial charge in [0.05, 0.1) is 36.7 Å². The summed E-state index contributed by atoms with van der Waals surface area (Å²) in [6, 6.07) is 5.62. The van der Waals surface area contributed by atoms with Crippen molar-refractivity contribution < 1.29 is 19.1 Å². The average molecular weight is 398 g/mol. The second kappa shape index (κ2) is 8.97. The molecule has 29 heavy (non-hydrogen) atoms. The number of ether oxygens (including phenoxy) is 2. The van der Waals surface area contributed by atoms with E-state index in [-0.39, 0.29) is 24.0 Å². The Labute approximate surface area is 170 Å². The third kappa shape index (κ3) is 4.51. The zero-order chi connectivity index (χ0) is 21.0. The molecule has 0 aliphatic carbocycles. The van der Waals surface area contributed by atoms with Gasteiger partial charge in [-0.15, -0.1) is 0 Å². The van der Waals surface area contributed by atoms with Crippen LogP contribution < -0.4 is 20.3 Å². The fraction of sp³-hybridized carbons (Fsp3) is 0.476. The first-order chi connectivity index (χ1) is 14.0. The summed E-state index contributed by atoms with van der Waals surface area (Å²) in [5.74, 6) is 1.18. The van der Waals surface area contributed by atoms with Crippen molar-refractivity contribution in [1.29, 1.82) is 5.26 Å². The highest BCUT2D eigenvalue weighted by molar-refractivity contribution is 5.98. The van der Waals surface area contributed by atoms with Gasteiger partial charge >= 0.3 is 0 Å². The number of aromatic nitrogens is 1. The maximum absolute atomic E-state index is 11.7. The van der Waals surface area contributed by atoms with Crippen molar-refractivity contribution >= 4 is 22.4 Å². The van der Waals surface area contributed by atoms with Gasteiger partial charge in [-0.1, -0.05) is 13.3 Å². The fourth-order valence-corrected chi connectivity index (χ4v) is 3.53. The van der Waals surface area contributed by atoms with E-state index in [0.717, 1.165) is 11.8 Å². The van der Waals surface area contributed by atoms with Crippen LogP contribution in [0.3, 0.4) is 0 Å². The number of hydrogen-bond acceptors (Lipinski definition) is 7. The van der Waals surface area contributed by atoms with E-state index in [1.54, 1.807) is 18.3 Å². The van der Waals surface area contributed by atoms with Crippen molar-refractivity contribution in [3.05, 3.63) is 23.9 Å². The molecule has 0 bridgehead atoms. The number of fused-ring (bicyclic) bond motifs is 1. The molecule has 0 saturated carbocycles. The molecular weight excluding hydrogens is 372 g/mol. The molecule has 1 aliphatic rings. The predicted octanol–water partition coefficient (Wildman–Crippen LogP) is 3.16. The normalized spacial score (nSPS) is 18.6. The van der Waals surface area contributed by atoms with E-state index in [1.807, 2.05) is 13.8 Å². The van der Waals surface area contributed by atoms with Gasteiger partial charge in [0, 0.05) is 17.2 Å². The van der Waals surface area contributed by atoms with Gasteiger partial charge in [-0.2, -0.15) is 5.26 Å². The van der Waals surface area contributed by atoms with Crippen molar-refractivity contribution in [2.75, 3.05) is 19.2 Å². The minimum atomic E-state index is -0.0869. The second-order valence-electron chi connectivity index (χ2n) is 7.31. The fourth-order valence-electron chi connectivity index (χ4n) is 3.53. The van der Waals surface area contributed by atoms with Gasteiger partial charge < -0.3 is 14.8 Å². The molecule has 1 aromatic heterocycles. The Morgan fingerprint density at radius 3 is 2.83 bits per heavy atom. The Kier molecular flexibility index (Phi) is 6.39. The van der Waals surface area contributed by atoms with E-state index in [9.17, 15) is 10.1 Å². The maximum atomic E-state index is 11.7. The standard InChI is InChI=1S/C21H26N4O4/c1-5-13-7-20(26)24-18(13)11-28-21-16-8-19(29-12(2)3)14(9-22)6-15(16)17(10-23-21)25-27-4/h6,8,10,12-13,18,25H,5,7,11H2,1-4H3,(H,24,26). The molecule has 2 N–H and O–H groups in total. The minimum absolute atomic E-state index is 0.0501. The molecule has 1 fully saturated rings. The molecule has 1 amide bonds. The topological polar surface area (TPSA) is 106 Å². The quantitative estimate of drug-likeness (QED) is 0.658. The summed E-state index contributed by atoms with van der Waals surface area (Å²) in [7, 11) is 1.51. The Morgan fingerprint density at radius 1 is 1.38 bits per heavy atom. The van der Waals surface area contributed by atoms with Crippen molar-refractivity contribution in [2.45, 2.75) is 45.8 Å². The first-order valence-corrected chi connectivity index (χ1v) is 9.71. The maximum Gasteiger partial charge on any atom is 0.221 e. The van der Waals surface area contributed by atoms with Gasteiger partial charge in [0.2, 0.25) is 11.8 Å². The van der Waals surface area contributed by atoms with Crippen LogP contribution in [-0.4, -0.2) is 36.8 Å². The summed E-state index contributed by atoms with van der Waals surface area (Å²) in [6.45, 7) is 6.19. The third-order valence-electron chi connectivity index (χ3n) is 4.93. The molecule has 0 spiro atoms. The lowest BCUT2D eigenvalue weighted by Gasteiger charge is -2.19. The minimum Gasteiger partial charge on any atom is -0.490 e. The molecule has 2 atom stereocenters. The van der Waals surface area contributed by atoms with E-state index in [2.05, 4.69) is 28.8 Å². The van der Waals surface area contributed by atoms with Crippen LogP contribution in [0.4, 0.5) is 5.69 Å². The van der Waals surface area contributed by atoms with Crippen molar-refractivity contribution in [3.63, 3.8) is 0 Å². The lowest BCUT2D eigenvalue weighted by atomic mass is 9.98. The number of amides is 1. The number of hydrogen-bond donors (Lipinski definition) is 2. The number of carbonyl (C=O) groups excluding carboxylic acids is 1. The first-order valence-electron chi connectivity index (χ1n) is 9.71. The SMILES string of the molecule is CCC1CC(=O)NC1COc1ncc(NOC)c2cc(C#N)c(OC(C)C)cc12. The summed E-state index contributed by atoms with van der Waals surface area (Å²) >= 11 is 0. The van der Waals surface area contributed by atoms with Crippen LogP contribution in [0.15, 0.2) is 18.3 Å². The molecule has 8 heteroatoms. The highest BCUT2D eigenvalue weighted by Gasteiger charge is 2.31. The molecule has 1 aromatic carbocycles. The Balaban J connectivity index is 1.99. The Hall–Kier alpha value is -3.05. The van der Waals surface area contributed by atoms with Crippen LogP contribution in [0.1, 0.15) is 39.2 Å². The molecule has 8 nitrogen and oxygen atoms in total. The van der Waals surface area contributed by atoms with Crippen LogP contribution in [-0.2, 0) is 9.63 Å². The largest absolute Gasteiger partial charge is 0.490 e. The number of nitrogens with zero attached hydrogens (tertiary/aromatic N) is 2. The number of carbonyl (C=O) groups is 1. The lowest BCUT2D eigenvalue weighted by molar-refractivity contribution is -0.119. The second-order valence-corrected chi connectivity index (χ2v) is 7.31. The van der Waals surface area contributed by atoms with Crippen LogP contribution in [0, 0.1) is 17.2 Å². The van der Waals surface area contributed by atoms with Crippen LogP contribution in [0.25, 0.3) is 10.8 Å². The number of nitrogens with one attached hydrogen (secondary N) is 2.